The fraction of sp³-hybridized carbons (Fsp3) is 0.667. The van der Waals surface area contributed by atoms with Crippen molar-refractivity contribution < 1.29 is 26.9 Å². The molecule has 9 heteroatoms. The number of alkyl halides is 3. The SMILES string of the molecule is CCn1cc(CC=C(F)B2OC(C)(C)C(C)(C)O2)c(C(F)(F)F)n1. The maximum Gasteiger partial charge on any atom is 0.524 e. The molecule has 0 unspecified atom stereocenters. The molecule has 134 valence electrons. The summed E-state index contributed by atoms with van der Waals surface area (Å²) >= 11 is 0. The van der Waals surface area contributed by atoms with Crippen molar-refractivity contribution in [2.24, 2.45) is 0 Å². The zero-order valence-electron chi connectivity index (χ0n) is 14.4. The van der Waals surface area contributed by atoms with Crippen LogP contribution in [-0.2, 0) is 28.5 Å². The molecular weight excluding hydrogens is 327 g/mol. The minimum absolute atomic E-state index is 0.0870. The molecule has 2 rings (SSSR count). The lowest BCUT2D eigenvalue weighted by Crippen LogP contribution is -2.41. The number of nitrogens with zero attached hydrogens (tertiary/aromatic N) is 2. The number of allylic oxidation sites excluding steroid dienone is 1. The Balaban J connectivity index is 2.18. The summed E-state index contributed by atoms with van der Waals surface area (Å²) in [5.41, 5.74) is -3.26. The van der Waals surface area contributed by atoms with E-state index < -0.39 is 35.9 Å². The van der Waals surface area contributed by atoms with E-state index >= 15 is 0 Å². The van der Waals surface area contributed by atoms with Gasteiger partial charge in [0.2, 0.25) is 0 Å². The van der Waals surface area contributed by atoms with Crippen molar-refractivity contribution in [2.45, 2.75) is 65.0 Å². The van der Waals surface area contributed by atoms with E-state index in [0.717, 1.165) is 6.08 Å². The zero-order chi connectivity index (χ0) is 18.3. The molecule has 0 atom stereocenters. The maximum atomic E-state index is 14.3. The van der Waals surface area contributed by atoms with Gasteiger partial charge in [-0.05, 0) is 41.0 Å². The molecule has 1 aromatic rings. The van der Waals surface area contributed by atoms with E-state index in [4.69, 9.17) is 9.31 Å². The van der Waals surface area contributed by atoms with E-state index in [1.165, 1.54) is 10.9 Å². The molecule has 1 saturated heterocycles. The van der Waals surface area contributed by atoms with Crippen LogP contribution in [0, 0.1) is 0 Å². The van der Waals surface area contributed by atoms with E-state index in [2.05, 4.69) is 5.10 Å². The molecule has 0 radical (unpaired) electrons. The van der Waals surface area contributed by atoms with Gasteiger partial charge < -0.3 is 9.31 Å². The number of aromatic nitrogens is 2. The third-order valence-electron chi connectivity index (χ3n) is 4.43. The molecule has 4 nitrogen and oxygen atoms in total. The smallest absolute Gasteiger partial charge is 0.398 e. The molecule has 0 bridgehead atoms. The Labute approximate surface area is 139 Å². The van der Waals surface area contributed by atoms with Crippen molar-refractivity contribution in [3.8, 4) is 0 Å². The molecule has 0 amide bonds. The van der Waals surface area contributed by atoms with E-state index in [0.29, 0.717) is 6.54 Å². The Morgan fingerprint density at radius 2 is 1.79 bits per heavy atom. The van der Waals surface area contributed by atoms with Gasteiger partial charge in [0.05, 0.1) is 11.2 Å². The highest BCUT2D eigenvalue weighted by Crippen LogP contribution is 2.39. The monoisotopic (exact) mass is 348 g/mol. The van der Waals surface area contributed by atoms with Crippen molar-refractivity contribution in [1.29, 1.82) is 0 Å². The summed E-state index contributed by atoms with van der Waals surface area (Å²) in [6.07, 6.45) is -2.50. The Morgan fingerprint density at radius 1 is 1.25 bits per heavy atom. The van der Waals surface area contributed by atoms with E-state index in [1.54, 1.807) is 34.6 Å². The first-order valence-corrected chi connectivity index (χ1v) is 7.72. The van der Waals surface area contributed by atoms with Gasteiger partial charge in [-0.25, -0.2) is 4.39 Å². The summed E-state index contributed by atoms with van der Waals surface area (Å²) < 4.78 is 65.5. The molecule has 1 aliphatic rings. The lowest BCUT2D eigenvalue weighted by Gasteiger charge is -2.32. The predicted octanol–water partition coefficient (Wildman–Crippen LogP) is 3.95. The zero-order valence-corrected chi connectivity index (χ0v) is 14.4. The van der Waals surface area contributed by atoms with Crippen LogP contribution in [0.4, 0.5) is 17.6 Å². The lowest BCUT2D eigenvalue weighted by molar-refractivity contribution is -0.142. The Morgan fingerprint density at radius 3 is 2.25 bits per heavy atom. The van der Waals surface area contributed by atoms with Crippen LogP contribution in [0.2, 0.25) is 0 Å². The van der Waals surface area contributed by atoms with Crippen molar-refractivity contribution in [1.82, 2.24) is 9.78 Å². The van der Waals surface area contributed by atoms with E-state index in [-0.39, 0.29) is 12.0 Å². The first-order chi connectivity index (χ1) is 10.9. The molecular formula is C15H21BF4N2O2. The van der Waals surface area contributed by atoms with E-state index in [9.17, 15) is 17.6 Å². The minimum atomic E-state index is -4.58. The average Bonchev–Trinajstić information content (AvgIpc) is 2.95. The highest BCUT2D eigenvalue weighted by molar-refractivity contribution is 6.53. The van der Waals surface area contributed by atoms with Gasteiger partial charge in [-0.3, -0.25) is 4.68 Å². The quantitative estimate of drug-likeness (QED) is 0.611. The highest BCUT2D eigenvalue weighted by atomic mass is 19.4. The van der Waals surface area contributed by atoms with Crippen LogP contribution in [-0.4, -0.2) is 28.1 Å². The highest BCUT2D eigenvalue weighted by Gasteiger charge is 2.53. The fourth-order valence-electron chi connectivity index (χ4n) is 2.27. The Bertz CT molecular complexity index is 622. The van der Waals surface area contributed by atoms with Crippen LogP contribution >= 0.6 is 0 Å². The Kier molecular flexibility index (Phi) is 4.89. The summed E-state index contributed by atoms with van der Waals surface area (Å²) in [5, 5.41) is 3.50. The molecule has 24 heavy (non-hydrogen) atoms. The maximum absolute atomic E-state index is 14.3. The van der Waals surface area contributed by atoms with Crippen LogP contribution in [0.5, 0.6) is 0 Å². The molecule has 2 heterocycles. The standard InChI is InChI=1S/C15H21BF4N2O2/c1-6-22-9-10(12(21-22)15(18,19)20)7-8-11(17)16-23-13(2,3)14(4,5)24-16/h8-9H,6-7H2,1-5H3. The second-order valence-electron chi connectivity index (χ2n) is 6.74. The summed E-state index contributed by atoms with van der Waals surface area (Å²) in [7, 11) is -1.22. The van der Waals surface area contributed by atoms with Crippen molar-refractivity contribution in [3.63, 3.8) is 0 Å². The lowest BCUT2D eigenvalue weighted by atomic mass is 9.87. The largest absolute Gasteiger partial charge is 0.524 e. The minimum Gasteiger partial charge on any atom is -0.398 e. The summed E-state index contributed by atoms with van der Waals surface area (Å²) in [6.45, 7) is 9.06. The molecule has 1 aliphatic heterocycles. The van der Waals surface area contributed by atoms with Gasteiger partial charge >= 0.3 is 13.3 Å². The van der Waals surface area contributed by atoms with Crippen LogP contribution < -0.4 is 0 Å². The number of hydrogen-bond donors (Lipinski definition) is 0. The molecule has 1 aromatic heterocycles. The van der Waals surface area contributed by atoms with Crippen LogP contribution in [0.25, 0.3) is 0 Å². The first kappa shape index (κ1) is 19.0. The molecule has 0 aromatic carbocycles. The van der Waals surface area contributed by atoms with Crippen LogP contribution in [0.1, 0.15) is 45.9 Å². The molecule has 0 aliphatic carbocycles. The van der Waals surface area contributed by atoms with Crippen molar-refractivity contribution in [3.05, 3.63) is 29.3 Å². The predicted molar refractivity (Wildman–Crippen MR) is 81.9 cm³/mol. The van der Waals surface area contributed by atoms with Crippen molar-refractivity contribution >= 4 is 7.12 Å². The van der Waals surface area contributed by atoms with Crippen LogP contribution in [0.15, 0.2) is 18.0 Å². The summed E-state index contributed by atoms with van der Waals surface area (Å²) in [6, 6.07) is 0. The molecule has 0 spiro atoms. The second-order valence-corrected chi connectivity index (χ2v) is 6.74. The van der Waals surface area contributed by atoms with Gasteiger partial charge in [-0.15, -0.1) is 0 Å². The Hall–Kier alpha value is -1.35. The van der Waals surface area contributed by atoms with E-state index in [1.807, 2.05) is 0 Å². The normalized spacial score (nSPS) is 20.7. The fourth-order valence-corrected chi connectivity index (χ4v) is 2.27. The van der Waals surface area contributed by atoms with Crippen molar-refractivity contribution in [2.75, 3.05) is 0 Å². The number of aryl methyl sites for hydroxylation is 1. The third kappa shape index (κ3) is 3.67. The number of halogens is 4. The van der Waals surface area contributed by atoms with Crippen LogP contribution in [0.3, 0.4) is 0 Å². The summed E-state index contributed by atoms with van der Waals surface area (Å²) in [5.74, 6) is 0. The molecule has 0 N–H and O–H groups in total. The average molecular weight is 348 g/mol. The van der Waals surface area contributed by atoms with Gasteiger partial charge in [-0.1, -0.05) is 6.08 Å². The number of rotatable bonds is 4. The third-order valence-corrected chi connectivity index (χ3v) is 4.43. The van der Waals surface area contributed by atoms with Gasteiger partial charge in [0.25, 0.3) is 0 Å². The molecule has 1 fully saturated rings. The first-order valence-electron chi connectivity index (χ1n) is 7.72. The topological polar surface area (TPSA) is 36.3 Å². The summed E-state index contributed by atoms with van der Waals surface area (Å²) in [4.78, 5) is 0. The number of hydrogen-bond acceptors (Lipinski definition) is 3. The van der Waals surface area contributed by atoms with Gasteiger partial charge in [-0.2, -0.15) is 18.3 Å². The molecule has 0 saturated carbocycles. The van der Waals surface area contributed by atoms with Gasteiger partial charge in [0.1, 0.15) is 5.73 Å². The van der Waals surface area contributed by atoms with Gasteiger partial charge in [0, 0.05) is 18.3 Å². The second kappa shape index (κ2) is 6.18. The van der Waals surface area contributed by atoms with Gasteiger partial charge in [0.15, 0.2) is 5.69 Å².